The van der Waals surface area contributed by atoms with Gasteiger partial charge < -0.3 is 24.5 Å². The fourth-order valence-corrected chi connectivity index (χ4v) is 3.07. The second-order valence-corrected chi connectivity index (χ2v) is 5.67. The Balaban J connectivity index is 2.24. The normalized spacial score (nSPS) is 16.0. The molecule has 0 radical (unpaired) electrons. The molecular weight excluding hydrogens is 326 g/mol. The Morgan fingerprint density at radius 2 is 1.68 bits per heavy atom. The molecule has 0 fully saturated rings. The third-order valence-corrected chi connectivity index (χ3v) is 4.18. The van der Waals surface area contributed by atoms with E-state index in [2.05, 4.69) is 15.3 Å². The Bertz CT molecular complexity index is 891. The summed E-state index contributed by atoms with van der Waals surface area (Å²) in [6.07, 6.45) is 0.104. The zero-order chi connectivity index (χ0) is 18.1. The fourth-order valence-electron chi connectivity index (χ4n) is 3.07. The minimum atomic E-state index is -0.504. The van der Waals surface area contributed by atoms with Gasteiger partial charge in [0.25, 0.3) is 5.56 Å². The maximum absolute atomic E-state index is 12.5. The number of benzene rings is 1. The van der Waals surface area contributed by atoms with Crippen LogP contribution in [0.4, 0.5) is 5.82 Å². The molecule has 132 valence electrons. The van der Waals surface area contributed by atoms with Crippen molar-refractivity contribution in [3.05, 3.63) is 39.4 Å². The van der Waals surface area contributed by atoms with E-state index in [1.54, 1.807) is 19.1 Å². The molecule has 1 aromatic carbocycles. The number of nitrogens with one attached hydrogen (secondary N) is 2. The van der Waals surface area contributed by atoms with Crippen LogP contribution in [0.1, 0.15) is 29.3 Å². The molecule has 0 aliphatic carbocycles. The molecule has 3 rings (SSSR count). The van der Waals surface area contributed by atoms with Crippen LogP contribution in [0.5, 0.6) is 17.2 Å². The van der Waals surface area contributed by atoms with E-state index in [0.717, 1.165) is 0 Å². The number of methoxy groups -OCH3 is 3. The van der Waals surface area contributed by atoms with Crippen LogP contribution < -0.4 is 25.1 Å². The number of aromatic amines is 1. The third-order valence-electron chi connectivity index (χ3n) is 4.18. The summed E-state index contributed by atoms with van der Waals surface area (Å²) in [5.41, 5.74) is 0.771. The van der Waals surface area contributed by atoms with Gasteiger partial charge in [0.1, 0.15) is 17.4 Å². The Morgan fingerprint density at radius 3 is 2.32 bits per heavy atom. The minimum Gasteiger partial charge on any atom is -0.496 e. The first-order chi connectivity index (χ1) is 12.0. The average molecular weight is 345 g/mol. The van der Waals surface area contributed by atoms with Crippen LogP contribution in [0.2, 0.25) is 0 Å². The highest BCUT2D eigenvalue weighted by Gasteiger charge is 2.33. The Labute approximate surface area is 144 Å². The molecule has 0 spiro atoms. The molecule has 8 nitrogen and oxygen atoms in total. The third kappa shape index (κ3) is 2.90. The number of nitrogens with zero attached hydrogens (tertiary/aromatic N) is 1. The average Bonchev–Trinajstić information content (AvgIpc) is 2.58. The number of carbonyl (C=O) groups is 1. The van der Waals surface area contributed by atoms with Crippen molar-refractivity contribution in [3.63, 3.8) is 0 Å². The number of fused-ring (bicyclic) bond motifs is 1. The van der Waals surface area contributed by atoms with Gasteiger partial charge in [-0.05, 0) is 13.0 Å². The molecule has 25 heavy (non-hydrogen) atoms. The lowest BCUT2D eigenvalue weighted by molar-refractivity contribution is -0.116. The van der Waals surface area contributed by atoms with E-state index in [-0.39, 0.29) is 23.7 Å². The van der Waals surface area contributed by atoms with Gasteiger partial charge in [0, 0.05) is 24.0 Å². The Kier molecular flexibility index (Phi) is 4.35. The first-order valence-electron chi connectivity index (χ1n) is 7.69. The van der Waals surface area contributed by atoms with Crippen LogP contribution >= 0.6 is 0 Å². The van der Waals surface area contributed by atoms with E-state index in [4.69, 9.17) is 14.2 Å². The summed E-state index contributed by atoms with van der Waals surface area (Å²) in [5, 5.41) is 2.66. The van der Waals surface area contributed by atoms with Crippen LogP contribution in [0, 0.1) is 6.92 Å². The zero-order valence-electron chi connectivity index (χ0n) is 14.4. The lowest BCUT2D eigenvalue weighted by Gasteiger charge is -2.26. The van der Waals surface area contributed by atoms with E-state index in [1.807, 2.05) is 0 Å². The summed E-state index contributed by atoms with van der Waals surface area (Å²) in [5.74, 6) is 1.48. The van der Waals surface area contributed by atoms with Gasteiger partial charge in [-0.3, -0.25) is 9.59 Å². The van der Waals surface area contributed by atoms with E-state index < -0.39 is 5.92 Å². The summed E-state index contributed by atoms with van der Waals surface area (Å²) in [6.45, 7) is 1.66. The molecule has 1 aliphatic rings. The van der Waals surface area contributed by atoms with Gasteiger partial charge in [-0.1, -0.05) is 0 Å². The Hall–Kier alpha value is -3.03. The van der Waals surface area contributed by atoms with E-state index in [9.17, 15) is 9.59 Å². The highest BCUT2D eigenvalue weighted by Crippen LogP contribution is 2.43. The smallest absolute Gasteiger partial charge is 0.256 e. The van der Waals surface area contributed by atoms with E-state index in [1.165, 1.54) is 21.3 Å². The van der Waals surface area contributed by atoms with Crippen LogP contribution in [0.3, 0.4) is 0 Å². The van der Waals surface area contributed by atoms with Crippen LogP contribution in [0.25, 0.3) is 0 Å². The van der Waals surface area contributed by atoms with Gasteiger partial charge in [-0.25, -0.2) is 4.98 Å². The summed E-state index contributed by atoms with van der Waals surface area (Å²) < 4.78 is 16.1. The second-order valence-electron chi connectivity index (χ2n) is 5.67. The first-order valence-corrected chi connectivity index (χ1v) is 7.69. The SMILES string of the molecule is COc1cc(OC)c([C@@H]2CC(=O)Nc3nc(C)[nH]c(=O)c32)cc1OC. The number of anilines is 1. The molecule has 1 amide bonds. The largest absolute Gasteiger partial charge is 0.496 e. The molecule has 0 unspecified atom stereocenters. The van der Waals surface area contributed by atoms with E-state index >= 15 is 0 Å². The standard InChI is InChI=1S/C17H19N3O5/c1-8-18-16-15(17(22)19-8)10(6-14(21)20-16)9-5-12(24-3)13(25-4)7-11(9)23-2/h5,7,10H,6H2,1-4H3,(H2,18,19,20,21,22)/t10-/m0/s1. The van der Waals surface area contributed by atoms with Gasteiger partial charge in [-0.2, -0.15) is 0 Å². The lowest BCUT2D eigenvalue weighted by atomic mass is 9.86. The van der Waals surface area contributed by atoms with Crippen LogP contribution in [-0.2, 0) is 4.79 Å². The van der Waals surface area contributed by atoms with Crippen molar-refractivity contribution in [2.75, 3.05) is 26.6 Å². The van der Waals surface area contributed by atoms with Gasteiger partial charge in [0.2, 0.25) is 5.91 Å². The molecule has 0 saturated carbocycles. The van der Waals surface area contributed by atoms with Crippen molar-refractivity contribution in [2.45, 2.75) is 19.3 Å². The number of rotatable bonds is 4. The molecule has 0 saturated heterocycles. The van der Waals surface area contributed by atoms with E-state index in [0.29, 0.717) is 34.2 Å². The highest BCUT2D eigenvalue weighted by molar-refractivity contribution is 5.94. The van der Waals surface area contributed by atoms with Gasteiger partial charge >= 0.3 is 0 Å². The van der Waals surface area contributed by atoms with Crippen molar-refractivity contribution < 1.29 is 19.0 Å². The number of H-pyrrole nitrogens is 1. The van der Waals surface area contributed by atoms with Gasteiger partial charge in [0.05, 0.1) is 26.9 Å². The van der Waals surface area contributed by atoms with Crippen molar-refractivity contribution in [3.8, 4) is 17.2 Å². The molecule has 2 heterocycles. The second kappa shape index (κ2) is 6.46. The number of aromatic nitrogens is 2. The summed E-state index contributed by atoms with van der Waals surface area (Å²) in [6, 6.07) is 3.40. The maximum atomic E-state index is 12.5. The zero-order valence-corrected chi connectivity index (χ0v) is 14.4. The van der Waals surface area contributed by atoms with Crippen LogP contribution in [0.15, 0.2) is 16.9 Å². The Morgan fingerprint density at radius 1 is 1.04 bits per heavy atom. The fraction of sp³-hybridized carbons (Fsp3) is 0.353. The number of hydrogen-bond acceptors (Lipinski definition) is 6. The summed E-state index contributed by atoms with van der Waals surface area (Å²) in [7, 11) is 4.57. The van der Waals surface area contributed by atoms with Crippen molar-refractivity contribution in [2.24, 2.45) is 0 Å². The van der Waals surface area contributed by atoms with Gasteiger partial charge in [-0.15, -0.1) is 0 Å². The minimum absolute atomic E-state index is 0.104. The maximum Gasteiger partial charge on any atom is 0.256 e. The molecular formula is C17H19N3O5. The predicted molar refractivity (Wildman–Crippen MR) is 90.8 cm³/mol. The summed E-state index contributed by atoms with van der Waals surface area (Å²) >= 11 is 0. The molecule has 2 aromatic rings. The number of carbonyl (C=O) groups excluding carboxylic acids is 1. The summed E-state index contributed by atoms with van der Waals surface area (Å²) in [4.78, 5) is 31.6. The van der Waals surface area contributed by atoms with Gasteiger partial charge in [0.15, 0.2) is 11.5 Å². The van der Waals surface area contributed by atoms with Crippen molar-refractivity contribution in [1.29, 1.82) is 0 Å². The highest BCUT2D eigenvalue weighted by atomic mass is 16.5. The molecule has 0 bridgehead atoms. The molecule has 1 atom stereocenters. The topological polar surface area (TPSA) is 103 Å². The van der Waals surface area contributed by atoms with Crippen LogP contribution in [-0.4, -0.2) is 37.2 Å². The quantitative estimate of drug-likeness (QED) is 0.872. The number of amides is 1. The monoisotopic (exact) mass is 345 g/mol. The predicted octanol–water partition coefficient (Wildman–Crippen LogP) is 1.58. The number of hydrogen-bond donors (Lipinski definition) is 2. The molecule has 1 aliphatic heterocycles. The van der Waals surface area contributed by atoms with Crippen molar-refractivity contribution >= 4 is 11.7 Å². The molecule has 1 aromatic heterocycles. The molecule has 8 heteroatoms. The number of aryl methyl sites for hydroxylation is 1. The first kappa shape index (κ1) is 16.8. The molecule has 2 N–H and O–H groups in total. The number of ether oxygens (including phenoxy) is 3. The van der Waals surface area contributed by atoms with Crippen molar-refractivity contribution in [1.82, 2.24) is 9.97 Å². The lowest BCUT2D eigenvalue weighted by Crippen LogP contribution is -2.31.